The Morgan fingerprint density at radius 1 is 1.04 bits per heavy atom. The number of halogens is 1. The van der Waals surface area contributed by atoms with Crippen molar-refractivity contribution in [2.24, 2.45) is 11.8 Å². The van der Waals surface area contributed by atoms with Gasteiger partial charge in [0, 0.05) is 31.5 Å². The highest BCUT2D eigenvalue weighted by Crippen LogP contribution is 2.27. The number of hydrogen-bond acceptors (Lipinski definition) is 3. The van der Waals surface area contributed by atoms with Crippen LogP contribution < -0.4 is 5.32 Å². The maximum Gasteiger partial charge on any atom is 0.223 e. The molecule has 0 saturated carbocycles. The number of carbonyl (C=O) groups is 2. The van der Waals surface area contributed by atoms with Crippen LogP contribution in [0.25, 0.3) is 0 Å². The summed E-state index contributed by atoms with van der Waals surface area (Å²) in [6.07, 6.45) is 3.81. The van der Waals surface area contributed by atoms with Crippen molar-refractivity contribution in [1.82, 2.24) is 10.2 Å². The summed E-state index contributed by atoms with van der Waals surface area (Å²) >= 11 is 0. The van der Waals surface area contributed by atoms with E-state index in [2.05, 4.69) is 12.2 Å². The van der Waals surface area contributed by atoms with Crippen molar-refractivity contribution in [3.8, 4) is 0 Å². The molecular formula is C20H29ClN2O2. The highest BCUT2D eigenvalue weighted by atomic mass is 35.5. The first-order valence-corrected chi connectivity index (χ1v) is 9.28. The first-order valence-electron chi connectivity index (χ1n) is 9.28. The summed E-state index contributed by atoms with van der Waals surface area (Å²) in [5.41, 5.74) is 1.95. The lowest BCUT2D eigenvalue weighted by atomic mass is 9.92. The lowest BCUT2D eigenvalue weighted by Gasteiger charge is -2.20. The summed E-state index contributed by atoms with van der Waals surface area (Å²) in [5.74, 6) is 1.66. The minimum Gasteiger partial charge on any atom is -0.343 e. The molecule has 2 atom stereocenters. The van der Waals surface area contributed by atoms with Gasteiger partial charge in [-0.25, -0.2) is 0 Å². The van der Waals surface area contributed by atoms with Crippen molar-refractivity contribution >= 4 is 24.1 Å². The number of nitrogens with one attached hydrogen (secondary N) is 1. The quantitative estimate of drug-likeness (QED) is 0.817. The van der Waals surface area contributed by atoms with Crippen LogP contribution in [0.4, 0.5) is 0 Å². The Hall–Kier alpha value is -1.39. The molecule has 1 amide bonds. The third-order valence-corrected chi connectivity index (χ3v) is 5.62. The Kier molecular flexibility index (Phi) is 7.45. The van der Waals surface area contributed by atoms with Crippen LogP contribution in [0.1, 0.15) is 48.5 Å². The molecule has 4 nitrogen and oxygen atoms in total. The van der Waals surface area contributed by atoms with E-state index in [9.17, 15) is 9.59 Å². The number of carbonyl (C=O) groups excluding carboxylic acids is 2. The van der Waals surface area contributed by atoms with E-state index in [-0.39, 0.29) is 24.1 Å². The van der Waals surface area contributed by atoms with Gasteiger partial charge < -0.3 is 10.2 Å². The molecular weight excluding hydrogens is 336 g/mol. The van der Waals surface area contributed by atoms with Gasteiger partial charge in [-0.05, 0) is 49.8 Å². The largest absolute Gasteiger partial charge is 0.343 e. The van der Waals surface area contributed by atoms with Gasteiger partial charge in [-0.15, -0.1) is 12.4 Å². The zero-order chi connectivity index (χ0) is 16.9. The second kappa shape index (κ2) is 9.35. The Morgan fingerprint density at radius 2 is 1.64 bits per heavy atom. The van der Waals surface area contributed by atoms with E-state index in [1.807, 2.05) is 29.2 Å². The minimum absolute atomic E-state index is 0. The summed E-state index contributed by atoms with van der Waals surface area (Å²) < 4.78 is 0. The molecule has 3 rings (SSSR count). The van der Waals surface area contributed by atoms with Crippen LogP contribution in [-0.2, 0) is 11.2 Å². The van der Waals surface area contributed by atoms with E-state index in [0.717, 1.165) is 62.8 Å². The van der Waals surface area contributed by atoms with Gasteiger partial charge in [-0.1, -0.05) is 31.2 Å². The summed E-state index contributed by atoms with van der Waals surface area (Å²) in [6.45, 7) is 5.99. The predicted octanol–water partition coefficient (Wildman–Crippen LogP) is 3.09. The van der Waals surface area contributed by atoms with Crippen LogP contribution in [0, 0.1) is 11.8 Å². The first kappa shape index (κ1) is 19.9. The molecule has 2 saturated heterocycles. The Bertz CT molecular complexity index is 574. The molecule has 1 N–H and O–H groups in total. The van der Waals surface area contributed by atoms with Gasteiger partial charge in [0.15, 0.2) is 5.78 Å². The molecule has 0 spiro atoms. The number of aryl methyl sites for hydroxylation is 1. The van der Waals surface area contributed by atoms with E-state index in [1.165, 1.54) is 5.56 Å². The van der Waals surface area contributed by atoms with Crippen LogP contribution in [0.5, 0.6) is 0 Å². The van der Waals surface area contributed by atoms with Crippen molar-refractivity contribution in [1.29, 1.82) is 0 Å². The van der Waals surface area contributed by atoms with E-state index >= 15 is 0 Å². The zero-order valence-corrected chi connectivity index (χ0v) is 15.8. The topological polar surface area (TPSA) is 49.4 Å². The van der Waals surface area contributed by atoms with Crippen LogP contribution in [0.2, 0.25) is 0 Å². The maximum atomic E-state index is 12.5. The smallest absolute Gasteiger partial charge is 0.223 e. The standard InChI is InChI=1S/C20H28N2O2.ClH/c1-2-15-3-5-16(6-4-15)19(23)7-8-20(24)22-11-9-17-13-21-14-18(17)10-12-22;/h3-6,17-18,21H,2,7-14H2,1H3;1H/t17-,18+;. The van der Waals surface area contributed by atoms with Crippen LogP contribution in [0.3, 0.4) is 0 Å². The lowest BCUT2D eigenvalue weighted by molar-refractivity contribution is -0.131. The Balaban J connectivity index is 0.00000225. The monoisotopic (exact) mass is 364 g/mol. The molecule has 2 heterocycles. The van der Waals surface area contributed by atoms with Gasteiger partial charge in [0.05, 0.1) is 0 Å². The van der Waals surface area contributed by atoms with E-state index in [4.69, 9.17) is 0 Å². The number of hydrogen-bond donors (Lipinski definition) is 1. The molecule has 25 heavy (non-hydrogen) atoms. The fraction of sp³-hybridized carbons (Fsp3) is 0.600. The molecule has 1 aromatic rings. The normalized spacial score (nSPS) is 22.7. The number of likely N-dealkylation sites (tertiary alicyclic amines) is 1. The van der Waals surface area contributed by atoms with Gasteiger partial charge in [-0.3, -0.25) is 9.59 Å². The summed E-state index contributed by atoms with van der Waals surface area (Å²) in [6, 6.07) is 7.75. The Morgan fingerprint density at radius 3 is 2.20 bits per heavy atom. The van der Waals surface area contributed by atoms with Crippen molar-refractivity contribution in [3.63, 3.8) is 0 Å². The van der Waals surface area contributed by atoms with E-state index < -0.39 is 0 Å². The number of benzene rings is 1. The molecule has 0 aliphatic carbocycles. The molecule has 2 fully saturated rings. The molecule has 138 valence electrons. The van der Waals surface area contributed by atoms with E-state index in [0.29, 0.717) is 12.8 Å². The van der Waals surface area contributed by atoms with Gasteiger partial charge in [-0.2, -0.15) is 0 Å². The van der Waals surface area contributed by atoms with Gasteiger partial charge in [0.1, 0.15) is 0 Å². The SMILES string of the molecule is CCc1ccc(C(=O)CCC(=O)N2CC[C@@H]3CNC[C@@H]3CC2)cc1.Cl. The minimum atomic E-state index is 0. The second-order valence-electron chi connectivity index (χ2n) is 7.11. The van der Waals surface area contributed by atoms with Crippen molar-refractivity contribution in [2.45, 2.75) is 39.0 Å². The first-order chi connectivity index (χ1) is 11.7. The zero-order valence-electron chi connectivity index (χ0n) is 15.0. The maximum absolute atomic E-state index is 12.5. The van der Waals surface area contributed by atoms with Crippen LogP contribution in [-0.4, -0.2) is 42.8 Å². The molecule has 2 aliphatic rings. The van der Waals surface area contributed by atoms with Gasteiger partial charge >= 0.3 is 0 Å². The fourth-order valence-electron chi connectivity index (χ4n) is 3.92. The van der Waals surface area contributed by atoms with Crippen molar-refractivity contribution in [3.05, 3.63) is 35.4 Å². The average Bonchev–Trinajstić information content (AvgIpc) is 2.97. The van der Waals surface area contributed by atoms with Gasteiger partial charge in [0.25, 0.3) is 0 Å². The van der Waals surface area contributed by atoms with Gasteiger partial charge in [0.2, 0.25) is 5.91 Å². The summed E-state index contributed by atoms with van der Waals surface area (Å²) in [5, 5.41) is 3.45. The summed E-state index contributed by atoms with van der Waals surface area (Å²) in [7, 11) is 0. The molecule has 0 bridgehead atoms. The highest BCUT2D eigenvalue weighted by molar-refractivity contribution is 5.98. The summed E-state index contributed by atoms with van der Waals surface area (Å²) in [4.78, 5) is 26.7. The highest BCUT2D eigenvalue weighted by Gasteiger charge is 2.31. The molecule has 0 aromatic heterocycles. The predicted molar refractivity (Wildman–Crippen MR) is 102 cm³/mol. The number of fused-ring (bicyclic) bond motifs is 1. The van der Waals surface area contributed by atoms with Crippen molar-refractivity contribution < 1.29 is 9.59 Å². The van der Waals surface area contributed by atoms with Crippen molar-refractivity contribution in [2.75, 3.05) is 26.2 Å². The van der Waals surface area contributed by atoms with Crippen LogP contribution in [0.15, 0.2) is 24.3 Å². The molecule has 1 aromatic carbocycles. The number of ketones is 1. The third kappa shape index (κ3) is 5.05. The second-order valence-corrected chi connectivity index (χ2v) is 7.11. The van der Waals surface area contributed by atoms with Crippen LogP contribution >= 0.6 is 12.4 Å². The molecule has 0 unspecified atom stereocenters. The third-order valence-electron chi connectivity index (χ3n) is 5.62. The number of amides is 1. The lowest BCUT2D eigenvalue weighted by Crippen LogP contribution is -2.32. The number of rotatable bonds is 5. The van der Waals surface area contributed by atoms with E-state index in [1.54, 1.807) is 0 Å². The average molecular weight is 365 g/mol. The number of Topliss-reactive ketones (excluding diaryl/α,β-unsaturated/α-hetero) is 1. The molecule has 5 heteroatoms. The fourth-order valence-corrected chi connectivity index (χ4v) is 3.92. The molecule has 2 aliphatic heterocycles. The Labute approximate surface area is 156 Å². The number of nitrogens with zero attached hydrogens (tertiary/aromatic N) is 1. The molecule has 0 radical (unpaired) electrons.